The molecular formula is C17H14N4O2S2. The Morgan fingerprint density at radius 1 is 1.36 bits per heavy atom. The van der Waals surface area contributed by atoms with E-state index in [0.717, 1.165) is 31.9 Å². The number of aryl methyl sites for hydroxylation is 1. The van der Waals surface area contributed by atoms with E-state index in [4.69, 9.17) is 4.42 Å². The first-order chi connectivity index (χ1) is 12.2. The fourth-order valence-corrected chi connectivity index (χ4v) is 4.01. The lowest BCUT2D eigenvalue weighted by atomic mass is 10.3. The third kappa shape index (κ3) is 3.26. The number of carbonyl (C=O) groups excluding carboxylic acids is 1. The van der Waals surface area contributed by atoms with Gasteiger partial charge in [0.1, 0.15) is 0 Å². The van der Waals surface area contributed by atoms with Crippen LogP contribution in [0.3, 0.4) is 0 Å². The number of H-pyrrole nitrogens is 1. The summed E-state index contributed by atoms with van der Waals surface area (Å²) in [6.07, 6.45) is 1.62. The van der Waals surface area contributed by atoms with E-state index in [2.05, 4.69) is 20.5 Å². The Balaban J connectivity index is 1.44. The molecule has 0 unspecified atom stereocenters. The highest BCUT2D eigenvalue weighted by Gasteiger charge is 2.15. The number of carbonyl (C=O) groups is 1. The smallest absolute Gasteiger partial charge is 0.272 e. The number of nitrogens with one attached hydrogen (secondary N) is 2. The molecule has 0 aliphatic carbocycles. The molecule has 6 nitrogen and oxygen atoms in total. The Labute approximate surface area is 151 Å². The number of rotatable bonds is 5. The van der Waals surface area contributed by atoms with Gasteiger partial charge in [0.2, 0.25) is 0 Å². The van der Waals surface area contributed by atoms with Crippen molar-refractivity contribution in [3.8, 4) is 21.3 Å². The molecule has 0 atom stereocenters. The zero-order valence-electron chi connectivity index (χ0n) is 13.3. The minimum Gasteiger partial charge on any atom is -0.462 e. The zero-order valence-corrected chi connectivity index (χ0v) is 14.9. The molecule has 4 aromatic rings. The van der Waals surface area contributed by atoms with E-state index in [1.807, 2.05) is 36.6 Å². The van der Waals surface area contributed by atoms with Gasteiger partial charge in [-0.25, -0.2) is 4.98 Å². The van der Waals surface area contributed by atoms with E-state index >= 15 is 0 Å². The number of amides is 1. The number of hydrogen-bond acceptors (Lipinski definition) is 6. The van der Waals surface area contributed by atoms with Crippen LogP contribution in [-0.4, -0.2) is 21.1 Å². The Morgan fingerprint density at radius 2 is 2.28 bits per heavy atom. The fraction of sp³-hybridized carbons (Fsp3) is 0.118. The normalized spacial score (nSPS) is 10.9. The lowest BCUT2D eigenvalue weighted by Gasteiger charge is -2.01. The number of furan rings is 1. The van der Waals surface area contributed by atoms with Gasteiger partial charge in [0.15, 0.2) is 16.5 Å². The molecule has 0 bridgehead atoms. The summed E-state index contributed by atoms with van der Waals surface area (Å²) in [6.45, 7) is 2.33. The summed E-state index contributed by atoms with van der Waals surface area (Å²) in [5.74, 6) is 0.518. The highest BCUT2D eigenvalue weighted by molar-refractivity contribution is 7.15. The molecule has 4 aromatic heterocycles. The minimum atomic E-state index is -0.216. The number of nitrogens with zero attached hydrogens (tertiary/aromatic N) is 2. The van der Waals surface area contributed by atoms with Gasteiger partial charge in [-0.05, 0) is 36.6 Å². The molecule has 0 aliphatic heterocycles. The molecule has 2 N–H and O–H groups in total. The van der Waals surface area contributed by atoms with E-state index in [9.17, 15) is 4.79 Å². The van der Waals surface area contributed by atoms with Crippen molar-refractivity contribution in [3.05, 3.63) is 58.2 Å². The fourth-order valence-electron chi connectivity index (χ4n) is 2.34. The Morgan fingerprint density at radius 3 is 3.04 bits per heavy atom. The molecule has 0 aliphatic rings. The van der Waals surface area contributed by atoms with Gasteiger partial charge < -0.3 is 9.73 Å². The molecule has 8 heteroatoms. The first kappa shape index (κ1) is 15.8. The number of hydrogen-bond donors (Lipinski definition) is 2. The van der Waals surface area contributed by atoms with Crippen LogP contribution in [0.4, 0.5) is 0 Å². The monoisotopic (exact) mass is 370 g/mol. The molecule has 0 radical (unpaired) electrons. The number of aromatic nitrogens is 3. The molecule has 4 heterocycles. The van der Waals surface area contributed by atoms with Gasteiger partial charge in [0.25, 0.3) is 5.91 Å². The van der Waals surface area contributed by atoms with Gasteiger partial charge in [0.05, 0.1) is 29.1 Å². The van der Waals surface area contributed by atoms with Gasteiger partial charge in [0, 0.05) is 4.88 Å². The summed E-state index contributed by atoms with van der Waals surface area (Å²) < 4.78 is 5.37. The van der Waals surface area contributed by atoms with Crippen molar-refractivity contribution < 1.29 is 9.21 Å². The van der Waals surface area contributed by atoms with E-state index in [0.29, 0.717) is 12.2 Å². The highest BCUT2D eigenvalue weighted by atomic mass is 32.1. The van der Waals surface area contributed by atoms with Crippen molar-refractivity contribution in [2.24, 2.45) is 0 Å². The molecule has 0 spiro atoms. The topological polar surface area (TPSA) is 83.8 Å². The van der Waals surface area contributed by atoms with E-state index in [-0.39, 0.29) is 5.91 Å². The van der Waals surface area contributed by atoms with Crippen LogP contribution in [0.1, 0.15) is 21.1 Å². The summed E-state index contributed by atoms with van der Waals surface area (Å²) in [5.41, 5.74) is 2.10. The van der Waals surface area contributed by atoms with Crippen molar-refractivity contribution in [1.29, 1.82) is 0 Å². The van der Waals surface area contributed by atoms with Crippen molar-refractivity contribution in [1.82, 2.24) is 20.5 Å². The Kier molecular flexibility index (Phi) is 4.21. The number of thiazole rings is 1. The lowest BCUT2D eigenvalue weighted by molar-refractivity contribution is 0.0946. The number of aromatic amines is 1. The summed E-state index contributed by atoms with van der Waals surface area (Å²) in [7, 11) is 0. The van der Waals surface area contributed by atoms with E-state index in [1.54, 1.807) is 23.7 Å². The van der Waals surface area contributed by atoms with Crippen LogP contribution in [0.15, 0.2) is 46.4 Å². The SMILES string of the molecule is Cc1nc(-c2ccco2)sc1CNC(=O)c1cc(-c2cccs2)[nH]n1. The third-order valence-electron chi connectivity index (χ3n) is 3.63. The summed E-state index contributed by atoms with van der Waals surface area (Å²) in [6, 6.07) is 9.40. The van der Waals surface area contributed by atoms with Crippen LogP contribution in [0, 0.1) is 6.92 Å². The maximum Gasteiger partial charge on any atom is 0.272 e. The predicted octanol–water partition coefficient (Wildman–Crippen LogP) is 4.09. The largest absolute Gasteiger partial charge is 0.462 e. The van der Waals surface area contributed by atoms with Gasteiger partial charge in [-0.2, -0.15) is 5.10 Å². The zero-order chi connectivity index (χ0) is 17.2. The first-order valence-electron chi connectivity index (χ1n) is 7.58. The van der Waals surface area contributed by atoms with Crippen molar-refractivity contribution >= 4 is 28.6 Å². The molecule has 0 fully saturated rings. The first-order valence-corrected chi connectivity index (χ1v) is 9.28. The second-order valence-electron chi connectivity index (χ2n) is 5.33. The average molecular weight is 370 g/mol. The standard InChI is InChI=1S/C17H14N4O2S2/c1-10-15(25-17(19-10)13-4-2-6-23-13)9-18-16(22)12-8-11(20-21-12)14-5-3-7-24-14/h2-8H,9H2,1H3,(H,18,22)(H,20,21). The molecule has 1 amide bonds. The van der Waals surface area contributed by atoms with Crippen LogP contribution in [0.2, 0.25) is 0 Å². The molecular weight excluding hydrogens is 356 g/mol. The summed E-state index contributed by atoms with van der Waals surface area (Å²) in [5, 5.41) is 12.7. The molecule has 126 valence electrons. The van der Waals surface area contributed by atoms with Crippen molar-refractivity contribution in [2.75, 3.05) is 0 Å². The summed E-state index contributed by atoms with van der Waals surface area (Å²) >= 11 is 3.11. The second kappa shape index (κ2) is 6.66. The van der Waals surface area contributed by atoms with Crippen LogP contribution >= 0.6 is 22.7 Å². The minimum absolute atomic E-state index is 0.216. The second-order valence-corrected chi connectivity index (χ2v) is 7.36. The van der Waals surface area contributed by atoms with Crippen molar-refractivity contribution in [3.63, 3.8) is 0 Å². The highest BCUT2D eigenvalue weighted by Crippen LogP contribution is 2.28. The van der Waals surface area contributed by atoms with Gasteiger partial charge >= 0.3 is 0 Å². The Bertz CT molecular complexity index is 984. The predicted molar refractivity (Wildman–Crippen MR) is 97.6 cm³/mol. The molecule has 0 aromatic carbocycles. The van der Waals surface area contributed by atoms with E-state index < -0.39 is 0 Å². The maximum atomic E-state index is 12.3. The van der Waals surface area contributed by atoms with Crippen LogP contribution in [0.5, 0.6) is 0 Å². The maximum absolute atomic E-state index is 12.3. The number of thiophene rings is 1. The average Bonchev–Trinajstić information content (AvgIpc) is 3.39. The van der Waals surface area contributed by atoms with Crippen LogP contribution in [0.25, 0.3) is 21.3 Å². The van der Waals surface area contributed by atoms with Crippen LogP contribution < -0.4 is 5.32 Å². The van der Waals surface area contributed by atoms with Crippen molar-refractivity contribution in [2.45, 2.75) is 13.5 Å². The van der Waals surface area contributed by atoms with Gasteiger partial charge in [-0.1, -0.05) is 6.07 Å². The third-order valence-corrected chi connectivity index (χ3v) is 5.71. The molecule has 4 rings (SSSR count). The van der Waals surface area contributed by atoms with E-state index in [1.165, 1.54) is 11.3 Å². The molecule has 25 heavy (non-hydrogen) atoms. The Hall–Kier alpha value is -2.71. The molecule has 0 saturated carbocycles. The quantitative estimate of drug-likeness (QED) is 0.554. The summed E-state index contributed by atoms with van der Waals surface area (Å²) in [4.78, 5) is 18.9. The molecule has 0 saturated heterocycles. The van der Waals surface area contributed by atoms with Gasteiger partial charge in [-0.3, -0.25) is 9.89 Å². The van der Waals surface area contributed by atoms with Crippen LogP contribution in [-0.2, 0) is 6.54 Å². The van der Waals surface area contributed by atoms with Gasteiger partial charge in [-0.15, -0.1) is 22.7 Å². The lowest BCUT2D eigenvalue weighted by Crippen LogP contribution is -2.23.